The van der Waals surface area contributed by atoms with Gasteiger partial charge in [-0.3, -0.25) is 0 Å². The smallest absolute Gasteiger partial charge is 0.0538 e. The lowest BCUT2D eigenvalue weighted by molar-refractivity contribution is 1.39. The Morgan fingerprint density at radius 1 is 0.467 bits per heavy atom. The minimum absolute atomic E-state index is 1.13. The monoisotopic (exact) mass is 385 g/mol. The van der Waals surface area contributed by atoms with Gasteiger partial charge in [0.25, 0.3) is 0 Å². The van der Waals surface area contributed by atoms with Gasteiger partial charge in [0.15, 0.2) is 0 Å². The molecule has 0 amide bonds. The maximum Gasteiger partial charge on any atom is 0.0538 e. The van der Waals surface area contributed by atoms with Crippen molar-refractivity contribution in [3.63, 3.8) is 0 Å². The van der Waals surface area contributed by atoms with Crippen LogP contribution >= 0.6 is 0 Å². The maximum absolute atomic E-state index is 3.74. The van der Waals surface area contributed by atoms with Crippen molar-refractivity contribution in [2.75, 3.05) is 0 Å². The van der Waals surface area contributed by atoms with Crippen molar-refractivity contribution in [2.45, 2.75) is 6.92 Å². The zero-order valence-corrected chi connectivity index (χ0v) is 17.0. The third-order valence-electron chi connectivity index (χ3n) is 5.51. The van der Waals surface area contributed by atoms with Gasteiger partial charge in [0, 0.05) is 16.8 Å². The summed E-state index contributed by atoms with van der Waals surface area (Å²) in [5, 5.41) is 0. The molecule has 0 aliphatic heterocycles. The quantitative estimate of drug-likeness (QED) is 0.323. The van der Waals surface area contributed by atoms with Crippen LogP contribution in [0.15, 0.2) is 115 Å². The molecule has 1 heteroatoms. The highest BCUT2D eigenvalue weighted by Crippen LogP contribution is 2.39. The first-order chi connectivity index (χ1) is 14.8. The summed E-state index contributed by atoms with van der Waals surface area (Å²) in [5.41, 5.74) is 10.9. The molecule has 0 fully saturated rings. The van der Waals surface area contributed by atoms with Gasteiger partial charge in [0.05, 0.1) is 5.69 Å². The van der Waals surface area contributed by atoms with Crippen LogP contribution in [0.2, 0.25) is 0 Å². The Balaban J connectivity index is 1.71. The fraction of sp³-hybridized carbons (Fsp3) is 0.0345. The Morgan fingerprint density at radius 2 is 1.07 bits per heavy atom. The van der Waals surface area contributed by atoms with Crippen LogP contribution < -0.4 is 0 Å². The number of hydrogen-bond acceptors (Lipinski definition) is 0. The molecule has 144 valence electrons. The van der Waals surface area contributed by atoms with Crippen molar-refractivity contribution < 1.29 is 0 Å². The molecule has 1 N–H and O–H groups in total. The van der Waals surface area contributed by atoms with Gasteiger partial charge < -0.3 is 4.98 Å². The van der Waals surface area contributed by atoms with Gasteiger partial charge in [-0.25, -0.2) is 0 Å². The lowest BCUT2D eigenvalue weighted by Crippen LogP contribution is -1.86. The molecule has 5 aromatic rings. The Bertz CT molecular complexity index is 1220. The number of aryl methyl sites for hydroxylation is 1. The van der Waals surface area contributed by atoms with E-state index < -0.39 is 0 Å². The Kier molecular flexibility index (Phi) is 4.78. The first kappa shape index (κ1) is 18.2. The van der Waals surface area contributed by atoms with Crippen LogP contribution in [0.5, 0.6) is 0 Å². The summed E-state index contributed by atoms with van der Waals surface area (Å²) in [7, 11) is 0. The van der Waals surface area contributed by atoms with Crippen molar-refractivity contribution in [1.29, 1.82) is 0 Å². The Hall–Kier alpha value is -3.84. The molecule has 0 aliphatic carbocycles. The fourth-order valence-corrected chi connectivity index (χ4v) is 4.06. The highest BCUT2D eigenvalue weighted by molar-refractivity contribution is 5.90. The van der Waals surface area contributed by atoms with Gasteiger partial charge in [-0.1, -0.05) is 115 Å². The Labute approximate surface area is 177 Å². The lowest BCUT2D eigenvalue weighted by Gasteiger charge is -2.09. The first-order valence-corrected chi connectivity index (χ1v) is 10.3. The normalized spacial score (nSPS) is 10.8. The van der Waals surface area contributed by atoms with Gasteiger partial charge in [-0.2, -0.15) is 0 Å². The van der Waals surface area contributed by atoms with E-state index in [4.69, 9.17) is 0 Å². The van der Waals surface area contributed by atoms with Crippen LogP contribution in [0.25, 0.3) is 44.8 Å². The van der Waals surface area contributed by atoms with Crippen molar-refractivity contribution in [2.24, 2.45) is 0 Å². The molecule has 0 saturated carbocycles. The molecule has 4 aromatic carbocycles. The van der Waals surface area contributed by atoms with E-state index in [-0.39, 0.29) is 0 Å². The molecule has 0 radical (unpaired) electrons. The Morgan fingerprint density at radius 3 is 1.77 bits per heavy atom. The zero-order valence-electron chi connectivity index (χ0n) is 17.0. The van der Waals surface area contributed by atoms with Crippen LogP contribution in [-0.2, 0) is 0 Å². The fourth-order valence-electron chi connectivity index (χ4n) is 4.06. The van der Waals surface area contributed by atoms with Crippen LogP contribution in [0, 0.1) is 6.92 Å². The van der Waals surface area contributed by atoms with Gasteiger partial charge in [-0.05, 0) is 35.2 Å². The zero-order chi connectivity index (χ0) is 20.3. The number of H-pyrrole nitrogens is 1. The highest BCUT2D eigenvalue weighted by Gasteiger charge is 2.15. The minimum Gasteiger partial charge on any atom is -0.354 e. The van der Waals surface area contributed by atoms with Gasteiger partial charge >= 0.3 is 0 Å². The van der Waals surface area contributed by atoms with Crippen molar-refractivity contribution >= 4 is 0 Å². The lowest BCUT2D eigenvalue weighted by atomic mass is 9.96. The van der Waals surface area contributed by atoms with Crippen LogP contribution in [0.4, 0.5) is 0 Å². The number of rotatable bonds is 4. The molecule has 1 heterocycles. The molecule has 0 spiro atoms. The predicted octanol–water partition coefficient (Wildman–Crippen LogP) is 7.99. The van der Waals surface area contributed by atoms with E-state index >= 15 is 0 Å². The number of aromatic amines is 1. The van der Waals surface area contributed by atoms with E-state index in [0.717, 1.165) is 11.4 Å². The predicted molar refractivity (Wildman–Crippen MR) is 127 cm³/mol. The largest absolute Gasteiger partial charge is 0.354 e. The minimum atomic E-state index is 1.13. The van der Waals surface area contributed by atoms with Crippen molar-refractivity contribution in [3.8, 4) is 44.8 Å². The van der Waals surface area contributed by atoms with Crippen LogP contribution in [0.3, 0.4) is 0 Å². The second kappa shape index (κ2) is 7.88. The average Bonchev–Trinajstić information content (AvgIpc) is 3.26. The van der Waals surface area contributed by atoms with E-state index in [9.17, 15) is 0 Å². The molecule has 0 bridgehead atoms. The van der Waals surface area contributed by atoms with Crippen molar-refractivity contribution in [1.82, 2.24) is 4.98 Å². The topological polar surface area (TPSA) is 15.8 Å². The standard InChI is InChI=1S/C29H23N/c1-21-11-10-16-24(19-21)25-17-8-9-18-26(25)28-20-27(22-12-4-2-5-13-22)29(30-28)23-14-6-3-7-15-23/h2-20,30H,1H3. The second-order valence-electron chi connectivity index (χ2n) is 7.62. The molecule has 0 saturated heterocycles. The second-order valence-corrected chi connectivity index (χ2v) is 7.62. The molecule has 30 heavy (non-hydrogen) atoms. The van der Waals surface area contributed by atoms with Gasteiger partial charge in [0.2, 0.25) is 0 Å². The third kappa shape index (κ3) is 3.46. The molecule has 0 atom stereocenters. The average molecular weight is 386 g/mol. The summed E-state index contributed by atoms with van der Waals surface area (Å²) < 4.78 is 0. The molecular weight excluding hydrogens is 362 g/mol. The van der Waals surface area contributed by atoms with E-state index in [1.807, 2.05) is 0 Å². The molecular formula is C29H23N. The van der Waals surface area contributed by atoms with Crippen LogP contribution in [-0.4, -0.2) is 4.98 Å². The van der Waals surface area contributed by atoms with E-state index in [1.54, 1.807) is 0 Å². The summed E-state index contributed by atoms with van der Waals surface area (Å²) in [6, 6.07) is 40.8. The number of hydrogen-bond donors (Lipinski definition) is 1. The molecule has 1 nitrogen and oxygen atoms in total. The summed E-state index contributed by atoms with van der Waals surface area (Å²) in [6.45, 7) is 2.14. The van der Waals surface area contributed by atoms with E-state index in [1.165, 1.54) is 38.9 Å². The molecule has 0 aliphatic rings. The van der Waals surface area contributed by atoms with Crippen LogP contribution in [0.1, 0.15) is 5.56 Å². The van der Waals surface area contributed by atoms with Crippen molar-refractivity contribution in [3.05, 3.63) is 121 Å². The summed E-state index contributed by atoms with van der Waals surface area (Å²) in [6.07, 6.45) is 0. The molecule has 1 aromatic heterocycles. The summed E-state index contributed by atoms with van der Waals surface area (Å²) in [5.74, 6) is 0. The van der Waals surface area contributed by atoms with Gasteiger partial charge in [0.1, 0.15) is 0 Å². The third-order valence-corrected chi connectivity index (χ3v) is 5.51. The maximum atomic E-state index is 3.74. The number of nitrogens with one attached hydrogen (secondary N) is 1. The SMILES string of the molecule is Cc1cccc(-c2ccccc2-c2cc(-c3ccccc3)c(-c3ccccc3)[nH]2)c1. The highest BCUT2D eigenvalue weighted by atomic mass is 14.7. The number of benzene rings is 4. The van der Waals surface area contributed by atoms with E-state index in [0.29, 0.717) is 0 Å². The summed E-state index contributed by atoms with van der Waals surface area (Å²) >= 11 is 0. The molecule has 0 unspecified atom stereocenters. The van der Waals surface area contributed by atoms with E-state index in [2.05, 4.69) is 127 Å². The van der Waals surface area contributed by atoms with Gasteiger partial charge in [-0.15, -0.1) is 0 Å². The summed E-state index contributed by atoms with van der Waals surface area (Å²) in [4.78, 5) is 3.74. The number of aromatic nitrogens is 1. The molecule has 5 rings (SSSR count). The first-order valence-electron chi connectivity index (χ1n) is 10.3.